The molecule has 70 valence electrons. The molecule has 0 bridgehead atoms. The van der Waals surface area contributed by atoms with Gasteiger partial charge in [-0.15, -0.1) is 0 Å². The normalized spacial score (nSPS) is 19.2. The monoisotopic (exact) mass is 181 g/mol. The minimum atomic E-state index is -0.207. The quantitative estimate of drug-likeness (QED) is 0.540. The van der Waals surface area contributed by atoms with Gasteiger partial charge in [-0.2, -0.15) is 5.10 Å². The molecule has 2 heterocycles. The van der Waals surface area contributed by atoms with E-state index in [4.69, 9.17) is 0 Å². The maximum Gasteiger partial charge on any atom is 0.289 e. The summed E-state index contributed by atoms with van der Waals surface area (Å²) in [4.78, 5) is 15.2. The van der Waals surface area contributed by atoms with Crippen molar-refractivity contribution in [1.29, 1.82) is 0 Å². The number of H-pyrrole nitrogens is 1. The summed E-state index contributed by atoms with van der Waals surface area (Å²) in [5.74, 6) is 0.0506. The summed E-state index contributed by atoms with van der Waals surface area (Å²) >= 11 is 0. The summed E-state index contributed by atoms with van der Waals surface area (Å²) < 4.78 is 0. The molecular weight excluding hydrogens is 170 g/mol. The number of carbonyl (C=O) groups is 1. The topological polar surface area (TPSA) is 82.7 Å². The van der Waals surface area contributed by atoms with Crippen LogP contribution in [0.4, 0.5) is 0 Å². The van der Waals surface area contributed by atoms with Gasteiger partial charge in [0.15, 0.2) is 0 Å². The second-order valence-electron chi connectivity index (χ2n) is 3.45. The van der Waals surface area contributed by atoms with E-state index in [0.717, 1.165) is 13.1 Å². The summed E-state index contributed by atoms with van der Waals surface area (Å²) in [6, 6.07) is 0. The van der Waals surface area contributed by atoms with Crippen molar-refractivity contribution < 1.29 is 4.79 Å². The molecule has 1 amide bonds. The van der Waals surface area contributed by atoms with Crippen LogP contribution in [0.25, 0.3) is 0 Å². The molecule has 1 aliphatic heterocycles. The lowest BCUT2D eigenvalue weighted by Gasteiger charge is -2.39. The van der Waals surface area contributed by atoms with E-state index < -0.39 is 0 Å². The average molecular weight is 181 g/mol. The number of rotatable bonds is 2. The molecule has 6 nitrogen and oxygen atoms in total. The van der Waals surface area contributed by atoms with Crippen LogP contribution in [-0.2, 0) is 0 Å². The van der Waals surface area contributed by atoms with Gasteiger partial charge in [-0.1, -0.05) is 0 Å². The summed E-state index contributed by atoms with van der Waals surface area (Å²) in [5.41, 5.74) is -0.135. The summed E-state index contributed by atoms with van der Waals surface area (Å²) in [6.45, 7) is 3.58. The molecular formula is C7H11N5O. The number of hydrogen-bond donors (Lipinski definition) is 3. The van der Waals surface area contributed by atoms with Crippen molar-refractivity contribution in [3.8, 4) is 0 Å². The zero-order chi connectivity index (χ0) is 9.31. The van der Waals surface area contributed by atoms with Crippen molar-refractivity contribution in [3.63, 3.8) is 0 Å². The highest BCUT2D eigenvalue weighted by molar-refractivity contribution is 5.90. The number of aromatic nitrogens is 3. The third-order valence-corrected chi connectivity index (χ3v) is 2.08. The number of nitrogens with one attached hydrogen (secondary N) is 3. The molecule has 0 spiro atoms. The third-order valence-electron chi connectivity index (χ3n) is 2.08. The largest absolute Gasteiger partial charge is 0.342 e. The van der Waals surface area contributed by atoms with Crippen LogP contribution >= 0.6 is 0 Å². The summed E-state index contributed by atoms with van der Waals surface area (Å²) in [5, 5.41) is 12.1. The first kappa shape index (κ1) is 8.18. The van der Waals surface area contributed by atoms with E-state index in [1.807, 2.05) is 6.92 Å². The van der Waals surface area contributed by atoms with Crippen molar-refractivity contribution in [2.24, 2.45) is 0 Å². The fraction of sp³-hybridized carbons (Fsp3) is 0.571. The van der Waals surface area contributed by atoms with Crippen LogP contribution in [0.5, 0.6) is 0 Å². The van der Waals surface area contributed by atoms with E-state index in [-0.39, 0.29) is 17.3 Å². The Morgan fingerprint density at radius 1 is 1.69 bits per heavy atom. The Balaban J connectivity index is 1.99. The predicted molar refractivity (Wildman–Crippen MR) is 45.1 cm³/mol. The Hall–Kier alpha value is -1.43. The van der Waals surface area contributed by atoms with E-state index in [2.05, 4.69) is 25.8 Å². The Bertz CT molecular complexity index is 303. The van der Waals surface area contributed by atoms with Crippen molar-refractivity contribution in [3.05, 3.63) is 12.2 Å². The second kappa shape index (κ2) is 2.81. The zero-order valence-corrected chi connectivity index (χ0v) is 7.29. The first-order valence-electron chi connectivity index (χ1n) is 4.08. The molecule has 0 unspecified atom stereocenters. The molecule has 1 aromatic heterocycles. The molecule has 6 heteroatoms. The third kappa shape index (κ3) is 1.52. The Labute approximate surface area is 75.1 Å². The number of nitrogens with zero attached hydrogens (tertiary/aromatic N) is 2. The molecule has 1 aromatic rings. The van der Waals surface area contributed by atoms with Crippen LogP contribution in [0.1, 0.15) is 17.5 Å². The summed E-state index contributed by atoms with van der Waals surface area (Å²) in [6.07, 6.45) is 1.32. The summed E-state index contributed by atoms with van der Waals surface area (Å²) in [7, 11) is 0. The maximum atomic E-state index is 11.4. The SMILES string of the molecule is CC1(NC(=O)c2ncn[nH]2)CNC1. The van der Waals surface area contributed by atoms with Gasteiger partial charge in [0.05, 0.1) is 5.54 Å². The fourth-order valence-corrected chi connectivity index (χ4v) is 1.24. The molecule has 0 atom stereocenters. The van der Waals surface area contributed by atoms with Gasteiger partial charge in [-0.25, -0.2) is 4.98 Å². The van der Waals surface area contributed by atoms with Crippen LogP contribution in [0.15, 0.2) is 6.33 Å². The smallest absolute Gasteiger partial charge is 0.289 e. The lowest BCUT2D eigenvalue weighted by atomic mass is 9.95. The van der Waals surface area contributed by atoms with Gasteiger partial charge in [-0.3, -0.25) is 9.89 Å². The zero-order valence-electron chi connectivity index (χ0n) is 7.29. The molecule has 13 heavy (non-hydrogen) atoms. The molecule has 1 fully saturated rings. The molecule has 3 N–H and O–H groups in total. The van der Waals surface area contributed by atoms with Crippen molar-refractivity contribution >= 4 is 5.91 Å². The Morgan fingerprint density at radius 3 is 2.92 bits per heavy atom. The van der Waals surface area contributed by atoms with Crippen LogP contribution in [0, 0.1) is 0 Å². The number of amides is 1. The van der Waals surface area contributed by atoms with Gasteiger partial charge in [0.1, 0.15) is 6.33 Å². The van der Waals surface area contributed by atoms with Gasteiger partial charge >= 0.3 is 0 Å². The van der Waals surface area contributed by atoms with Crippen molar-refractivity contribution in [2.45, 2.75) is 12.5 Å². The minimum Gasteiger partial charge on any atom is -0.342 e. The highest BCUT2D eigenvalue weighted by Gasteiger charge is 2.33. The Kier molecular flexibility index (Phi) is 1.77. The van der Waals surface area contributed by atoms with E-state index in [1.54, 1.807) is 0 Å². The number of aromatic amines is 1. The lowest BCUT2D eigenvalue weighted by Crippen LogP contribution is -2.67. The number of carbonyl (C=O) groups excluding carboxylic acids is 1. The van der Waals surface area contributed by atoms with Crippen LogP contribution in [0.3, 0.4) is 0 Å². The Morgan fingerprint density at radius 2 is 2.46 bits per heavy atom. The molecule has 0 radical (unpaired) electrons. The molecule has 1 saturated heterocycles. The van der Waals surface area contributed by atoms with Crippen molar-refractivity contribution in [1.82, 2.24) is 25.8 Å². The van der Waals surface area contributed by atoms with Gasteiger partial charge < -0.3 is 10.6 Å². The van der Waals surface area contributed by atoms with Crippen LogP contribution in [0.2, 0.25) is 0 Å². The fourth-order valence-electron chi connectivity index (χ4n) is 1.24. The molecule has 0 aliphatic carbocycles. The standard InChI is InChI=1S/C7H11N5O/c1-7(2-8-3-7)11-6(13)5-9-4-10-12-5/h4,8H,2-3H2,1H3,(H,11,13)(H,9,10,12). The van der Waals surface area contributed by atoms with Gasteiger partial charge in [-0.05, 0) is 6.92 Å². The maximum absolute atomic E-state index is 11.4. The van der Waals surface area contributed by atoms with Crippen molar-refractivity contribution in [2.75, 3.05) is 13.1 Å². The molecule has 1 aliphatic rings. The van der Waals surface area contributed by atoms with E-state index in [9.17, 15) is 4.79 Å². The number of hydrogen-bond acceptors (Lipinski definition) is 4. The predicted octanol–water partition coefficient (Wildman–Crippen LogP) is -1.10. The van der Waals surface area contributed by atoms with Gasteiger partial charge in [0.2, 0.25) is 5.82 Å². The lowest BCUT2D eigenvalue weighted by molar-refractivity contribution is 0.0861. The average Bonchev–Trinajstić information content (AvgIpc) is 2.53. The van der Waals surface area contributed by atoms with E-state index in [0.29, 0.717) is 0 Å². The minimum absolute atomic E-state index is 0.135. The van der Waals surface area contributed by atoms with Crippen LogP contribution in [-0.4, -0.2) is 39.7 Å². The van der Waals surface area contributed by atoms with Crippen LogP contribution < -0.4 is 10.6 Å². The van der Waals surface area contributed by atoms with Gasteiger partial charge in [0, 0.05) is 13.1 Å². The second-order valence-corrected chi connectivity index (χ2v) is 3.45. The first-order valence-corrected chi connectivity index (χ1v) is 4.08. The first-order chi connectivity index (χ1) is 6.20. The highest BCUT2D eigenvalue weighted by Crippen LogP contribution is 2.09. The van der Waals surface area contributed by atoms with E-state index >= 15 is 0 Å². The molecule has 0 aromatic carbocycles. The van der Waals surface area contributed by atoms with Gasteiger partial charge in [0.25, 0.3) is 5.91 Å². The molecule has 0 saturated carbocycles. The molecule has 2 rings (SSSR count). The highest BCUT2D eigenvalue weighted by atomic mass is 16.2. The van der Waals surface area contributed by atoms with E-state index in [1.165, 1.54) is 6.33 Å².